The molecule has 1 atom stereocenters. The molecule has 106 valence electrons. The minimum atomic E-state index is -4.61. The van der Waals surface area contributed by atoms with E-state index in [2.05, 4.69) is 5.32 Å². The largest absolute Gasteiger partial charge is 0.379 e. The quantitative estimate of drug-likeness (QED) is 0.924. The number of alkyl halides is 2. The highest BCUT2D eigenvalue weighted by Crippen LogP contribution is 2.30. The van der Waals surface area contributed by atoms with Crippen LogP contribution in [-0.4, -0.2) is 32.9 Å². The van der Waals surface area contributed by atoms with Gasteiger partial charge in [-0.25, -0.2) is 8.42 Å². The van der Waals surface area contributed by atoms with Gasteiger partial charge in [-0.1, -0.05) is 12.1 Å². The standard InChI is InChI=1S/C12H15F2NO3S/c1-12(6-7-18-8-12)15-9-4-2-3-5-10(9)19(16,17)11(13)14/h2-5,11,15H,6-8H2,1H3. The number of benzene rings is 1. The summed E-state index contributed by atoms with van der Waals surface area (Å²) in [7, 11) is -4.61. The third-order valence-electron chi connectivity index (χ3n) is 3.08. The van der Waals surface area contributed by atoms with E-state index in [1.807, 2.05) is 6.92 Å². The molecule has 2 rings (SSSR count). The normalized spacial score (nSPS) is 23.8. The second-order valence-electron chi connectivity index (χ2n) is 4.79. The van der Waals surface area contributed by atoms with E-state index in [9.17, 15) is 17.2 Å². The van der Waals surface area contributed by atoms with Gasteiger partial charge in [-0.05, 0) is 25.5 Å². The van der Waals surface area contributed by atoms with E-state index in [4.69, 9.17) is 4.74 Å². The minimum Gasteiger partial charge on any atom is -0.379 e. The van der Waals surface area contributed by atoms with E-state index >= 15 is 0 Å². The number of halogens is 2. The van der Waals surface area contributed by atoms with Crippen LogP contribution >= 0.6 is 0 Å². The van der Waals surface area contributed by atoms with Gasteiger partial charge in [0.15, 0.2) is 0 Å². The maximum atomic E-state index is 12.6. The van der Waals surface area contributed by atoms with Crippen molar-refractivity contribution in [1.29, 1.82) is 0 Å². The van der Waals surface area contributed by atoms with E-state index in [1.54, 1.807) is 6.07 Å². The molecule has 1 aromatic rings. The number of para-hydroxylation sites is 1. The van der Waals surface area contributed by atoms with Crippen LogP contribution in [-0.2, 0) is 14.6 Å². The Labute approximate surface area is 110 Å². The Morgan fingerprint density at radius 2 is 2.05 bits per heavy atom. The molecule has 1 aromatic carbocycles. The van der Waals surface area contributed by atoms with Crippen LogP contribution in [0.1, 0.15) is 13.3 Å². The van der Waals surface area contributed by atoms with Crippen molar-refractivity contribution in [2.75, 3.05) is 18.5 Å². The second-order valence-corrected chi connectivity index (χ2v) is 6.68. The minimum absolute atomic E-state index is 0.191. The molecule has 1 saturated heterocycles. The van der Waals surface area contributed by atoms with E-state index in [0.717, 1.165) is 0 Å². The van der Waals surface area contributed by atoms with Crippen molar-refractivity contribution >= 4 is 15.5 Å². The van der Waals surface area contributed by atoms with Gasteiger partial charge in [0.1, 0.15) is 0 Å². The van der Waals surface area contributed by atoms with Gasteiger partial charge in [0.2, 0.25) is 9.84 Å². The highest BCUT2D eigenvalue weighted by Gasteiger charge is 2.33. The summed E-state index contributed by atoms with van der Waals surface area (Å²) in [5.41, 5.74) is -0.246. The van der Waals surface area contributed by atoms with Crippen molar-refractivity contribution in [2.45, 2.75) is 29.5 Å². The SMILES string of the molecule is CC1(Nc2ccccc2S(=O)(=O)C(F)F)CCOC1. The van der Waals surface area contributed by atoms with Gasteiger partial charge < -0.3 is 10.1 Å². The van der Waals surface area contributed by atoms with Gasteiger partial charge in [0, 0.05) is 6.61 Å². The van der Waals surface area contributed by atoms with Gasteiger partial charge in [0.05, 0.1) is 22.7 Å². The van der Waals surface area contributed by atoms with Crippen LogP contribution in [0.3, 0.4) is 0 Å². The van der Waals surface area contributed by atoms with Crippen molar-refractivity contribution in [3.05, 3.63) is 24.3 Å². The van der Waals surface area contributed by atoms with Gasteiger partial charge in [-0.3, -0.25) is 0 Å². The van der Waals surface area contributed by atoms with Crippen LogP contribution in [0, 0.1) is 0 Å². The topological polar surface area (TPSA) is 55.4 Å². The molecule has 0 aliphatic carbocycles. The third kappa shape index (κ3) is 2.87. The average Bonchev–Trinajstić information content (AvgIpc) is 2.76. The Morgan fingerprint density at radius 1 is 1.37 bits per heavy atom. The lowest BCUT2D eigenvalue weighted by Crippen LogP contribution is -2.35. The van der Waals surface area contributed by atoms with Gasteiger partial charge >= 0.3 is 5.76 Å². The summed E-state index contributed by atoms with van der Waals surface area (Å²) < 4.78 is 53.8. The van der Waals surface area contributed by atoms with E-state index in [-0.39, 0.29) is 10.6 Å². The summed E-state index contributed by atoms with van der Waals surface area (Å²) in [5.74, 6) is -3.43. The zero-order valence-corrected chi connectivity index (χ0v) is 11.2. The average molecular weight is 291 g/mol. The first-order chi connectivity index (χ1) is 8.85. The zero-order valence-electron chi connectivity index (χ0n) is 10.4. The molecule has 1 aliphatic heterocycles. The Morgan fingerprint density at radius 3 is 2.63 bits per heavy atom. The molecule has 7 heteroatoms. The first-order valence-electron chi connectivity index (χ1n) is 5.82. The fourth-order valence-corrected chi connectivity index (χ4v) is 2.89. The predicted octanol–water partition coefficient (Wildman–Crippen LogP) is 2.27. The Kier molecular flexibility index (Phi) is 3.78. The third-order valence-corrected chi connectivity index (χ3v) is 4.52. The zero-order chi connectivity index (χ0) is 14.1. The molecule has 0 aromatic heterocycles. The van der Waals surface area contributed by atoms with Crippen LogP contribution in [0.2, 0.25) is 0 Å². The van der Waals surface area contributed by atoms with Crippen LogP contribution in [0.25, 0.3) is 0 Å². The van der Waals surface area contributed by atoms with Crippen molar-refractivity contribution in [3.8, 4) is 0 Å². The molecule has 4 nitrogen and oxygen atoms in total. The molecule has 1 unspecified atom stereocenters. The van der Waals surface area contributed by atoms with Gasteiger partial charge in [0.25, 0.3) is 0 Å². The van der Waals surface area contributed by atoms with Crippen molar-refractivity contribution in [3.63, 3.8) is 0 Å². The number of hydrogen-bond donors (Lipinski definition) is 1. The molecule has 0 spiro atoms. The van der Waals surface area contributed by atoms with Crippen molar-refractivity contribution < 1.29 is 21.9 Å². The summed E-state index contributed by atoms with van der Waals surface area (Å²) in [4.78, 5) is -0.377. The number of hydrogen-bond acceptors (Lipinski definition) is 4. The number of nitrogens with one attached hydrogen (secondary N) is 1. The van der Waals surface area contributed by atoms with E-state index < -0.39 is 21.1 Å². The molecule has 1 heterocycles. The van der Waals surface area contributed by atoms with Crippen molar-refractivity contribution in [1.82, 2.24) is 0 Å². The highest BCUT2D eigenvalue weighted by molar-refractivity contribution is 7.91. The molecule has 0 amide bonds. The Bertz CT molecular complexity index is 554. The van der Waals surface area contributed by atoms with Gasteiger partial charge in [-0.2, -0.15) is 8.78 Å². The summed E-state index contributed by atoms with van der Waals surface area (Å²) in [6.07, 6.45) is 0.691. The summed E-state index contributed by atoms with van der Waals surface area (Å²) in [6, 6.07) is 5.70. The lowest BCUT2D eigenvalue weighted by molar-refractivity contribution is 0.185. The molecule has 19 heavy (non-hydrogen) atoms. The van der Waals surface area contributed by atoms with E-state index in [0.29, 0.717) is 19.6 Å². The number of ether oxygens (including phenoxy) is 1. The van der Waals surface area contributed by atoms with Gasteiger partial charge in [-0.15, -0.1) is 0 Å². The number of rotatable bonds is 4. The molecule has 1 aliphatic rings. The smallest absolute Gasteiger partial charge is 0.341 e. The predicted molar refractivity (Wildman–Crippen MR) is 67.1 cm³/mol. The van der Waals surface area contributed by atoms with Crippen LogP contribution in [0.15, 0.2) is 29.2 Å². The Hall–Kier alpha value is -1.21. The second kappa shape index (κ2) is 5.05. The molecular weight excluding hydrogens is 276 g/mol. The maximum absolute atomic E-state index is 12.6. The van der Waals surface area contributed by atoms with Crippen molar-refractivity contribution in [2.24, 2.45) is 0 Å². The molecule has 0 radical (unpaired) electrons. The number of anilines is 1. The maximum Gasteiger partial charge on any atom is 0.341 e. The molecule has 1 fully saturated rings. The molecule has 1 N–H and O–H groups in total. The first-order valence-corrected chi connectivity index (χ1v) is 7.37. The summed E-state index contributed by atoms with van der Waals surface area (Å²) >= 11 is 0. The van der Waals surface area contributed by atoms with Crippen LogP contribution in [0.4, 0.5) is 14.5 Å². The van der Waals surface area contributed by atoms with E-state index in [1.165, 1.54) is 18.2 Å². The highest BCUT2D eigenvalue weighted by atomic mass is 32.2. The van der Waals surface area contributed by atoms with Crippen LogP contribution < -0.4 is 5.32 Å². The summed E-state index contributed by atoms with van der Waals surface area (Å²) in [6.45, 7) is 2.84. The van der Waals surface area contributed by atoms with Crippen LogP contribution in [0.5, 0.6) is 0 Å². The molecular formula is C12H15F2NO3S. The summed E-state index contributed by atoms with van der Waals surface area (Å²) in [5, 5.41) is 3.01. The lowest BCUT2D eigenvalue weighted by Gasteiger charge is -2.26. The molecule has 0 saturated carbocycles. The molecule has 0 bridgehead atoms. The first kappa shape index (κ1) is 14.2. The fourth-order valence-electron chi connectivity index (χ4n) is 2.00. The monoisotopic (exact) mass is 291 g/mol. The Balaban J connectivity index is 2.37. The number of sulfone groups is 1. The lowest BCUT2D eigenvalue weighted by atomic mass is 10.0. The fraction of sp³-hybridized carbons (Fsp3) is 0.500.